The lowest BCUT2D eigenvalue weighted by Crippen LogP contribution is -2.42. The van der Waals surface area contributed by atoms with Gasteiger partial charge in [0.15, 0.2) is 0 Å². The Labute approximate surface area is 126 Å². The van der Waals surface area contributed by atoms with Crippen molar-refractivity contribution in [2.24, 2.45) is 0 Å². The number of benzene rings is 1. The molecule has 6 heteroatoms. The van der Waals surface area contributed by atoms with Crippen LogP contribution in [0.5, 0.6) is 0 Å². The molecule has 0 saturated heterocycles. The number of nitrogens with zero attached hydrogens (tertiary/aromatic N) is 1. The molecule has 2 rings (SSSR count). The number of hydrogen-bond donors (Lipinski definition) is 2. The minimum absolute atomic E-state index is 0.0850. The maximum Gasteiger partial charge on any atom is 0.326 e. The fourth-order valence-corrected chi connectivity index (χ4v) is 1.98. The Morgan fingerprint density at radius 2 is 1.86 bits per heavy atom. The number of aliphatic carboxylic acids is 1. The van der Waals surface area contributed by atoms with Crippen LogP contribution in [0.1, 0.15) is 16.1 Å². The number of carbonyl (C=O) groups is 2. The van der Waals surface area contributed by atoms with Crippen molar-refractivity contribution in [3.63, 3.8) is 0 Å². The molecular weight excluding hydrogens is 292 g/mol. The Morgan fingerprint density at radius 1 is 1.14 bits per heavy atom. The quantitative estimate of drug-likeness (QED) is 0.830. The summed E-state index contributed by atoms with van der Waals surface area (Å²) in [5, 5.41) is 11.9. The number of halogens is 1. The van der Waals surface area contributed by atoms with Crippen LogP contribution >= 0.6 is 11.6 Å². The van der Waals surface area contributed by atoms with Crippen LogP contribution in [0.4, 0.5) is 0 Å². The molecule has 1 aromatic heterocycles. The van der Waals surface area contributed by atoms with Crippen LogP contribution in [0.2, 0.25) is 5.15 Å². The number of amides is 1. The first-order valence-corrected chi connectivity index (χ1v) is 6.64. The van der Waals surface area contributed by atoms with Crippen LogP contribution in [-0.4, -0.2) is 28.0 Å². The van der Waals surface area contributed by atoms with Crippen LogP contribution in [0, 0.1) is 0 Å². The summed E-state index contributed by atoms with van der Waals surface area (Å²) in [5.74, 6) is -1.67. The van der Waals surface area contributed by atoms with Gasteiger partial charge in [0.1, 0.15) is 16.9 Å². The lowest BCUT2D eigenvalue weighted by atomic mass is 10.1. The Kier molecular flexibility index (Phi) is 4.90. The van der Waals surface area contributed by atoms with Crippen molar-refractivity contribution in [2.45, 2.75) is 12.5 Å². The summed E-state index contributed by atoms with van der Waals surface area (Å²) in [6, 6.07) is 12.6. The molecule has 5 nitrogen and oxygen atoms in total. The van der Waals surface area contributed by atoms with Gasteiger partial charge in [-0.25, -0.2) is 9.78 Å². The van der Waals surface area contributed by atoms with Gasteiger partial charge in [-0.2, -0.15) is 0 Å². The zero-order chi connectivity index (χ0) is 15.2. The molecule has 1 aromatic carbocycles. The molecule has 21 heavy (non-hydrogen) atoms. The summed E-state index contributed by atoms with van der Waals surface area (Å²) in [7, 11) is 0. The molecule has 0 aliphatic rings. The lowest BCUT2D eigenvalue weighted by Gasteiger charge is -2.14. The SMILES string of the molecule is O=C(N[C@H](Cc1ccccc1)C(=O)O)c1cccc(Cl)n1. The molecule has 0 unspecified atom stereocenters. The normalized spacial score (nSPS) is 11.7. The first-order chi connectivity index (χ1) is 10.1. The largest absolute Gasteiger partial charge is 0.480 e. The van der Waals surface area contributed by atoms with E-state index in [1.165, 1.54) is 12.1 Å². The second kappa shape index (κ2) is 6.85. The maximum atomic E-state index is 12.0. The van der Waals surface area contributed by atoms with Gasteiger partial charge in [-0.15, -0.1) is 0 Å². The van der Waals surface area contributed by atoms with E-state index < -0.39 is 17.9 Å². The molecule has 2 aromatic rings. The van der Waals surface area contributed by atoms with E-state index in [9.17, 15) is 14.7 Å². The highest BCUT2D eigenvalue weighted by atomic mass is 35.5. The van der Waals surface area contributed by atoms with Crippen LogP contribution in [0.25, 0.3) is 0 Å². The van der Waals surface area contributed by atoms with Crippen LogP contribution in [0.3, 0.4) is 0 Å². The first-order valence-electron chi connectivity index (χ1n) is 6.26. The fourth-order valence-electron chi connectivity index (χ4n) is 1.82. The Bertz CT molecular complexity index is 646. The van der Waals surface area contributed by atoms with Gasteiger partial charge in [0.25, 0.3) is 5.91 Å². The zero-order valence-electron chi connectivity index (χ0n) is 11.0. The number of carboxylic acids is 1. The number of hydrogen-bond acceptors (Lipinski definition) is 3. The number of rotatable bonds is 5. The molecule has 0 aliphatic heterocycles. The second-order valence-corrected chi connectivity index (χ2v) is 4.79. The van der Waals surface area contributed by atoms with E-state index in [-0.39, 0.29) is 17.3 Å². The summed E-state index contributed by atoms with van der Waals surface area (Å²) < 4.78 is 0. The molecule has 0 fully saturated rings. The molecule has 0 spiro atoms. The van der Waals surface area contributed by atoms with Gasteiger partial charge in [-0.05, 0) is 17.7 Å². The van der Waals surface area contributed by atoms with Crippen molar-refractivity contribution in [1.29, 1.82) is 0 Å². The topological polar surface area (TPSA) is 79.3 Å². The molecule has 0 radical (unpaired) electrons. The van der Waals surface area contributed by atoms with E-state index in [4.69, 9.17) is 11.6 Å². The minimum Gasteiger partial charge on any atom is -0.480 e. The number of carboxylic acid groups (broad SMARTS) is 1. The third-order valence-corrected chi connectivity index (χ3v) is 3.04. The third kappa shape index (κ3) is 4.29. The predicted molar refractivity (Wildman–Crippen MR) is 78.3 cm³/mol. The highest BCUT2D eigenvalue weighted by molar-refractivity contribution is 6.29. The Hall–Kier alpha value is -2.40. The highest BCUT2D eigenvalue weighted by Gasteiger charge is 2.21. The molecule has 0 aliphatic carbocycles. The van der Waals surface area contributed by atoms with Crippen molar-refractivity contribution in [3.05, 3.63) is 64.9 Å². The van der Waals surface area contributed by atoms with E-state index in [0.717, 1.165) is 5.56 Å². The van der Waals surface area contributed by atoms with Crippen molar-refractivity contribution in [2.75, 3.05) is 0 Å². The van der Waals surface area contributed by atoms with Gasteiger partial charge < -0.3 is 10.4 Å². The van der Waals surface area contributed by atoms with Crippen molar-refractivity contribution < 1.29 is 14.7 Å². The molecule has 0 bridgehead atoms. The summed E-state index contributed by atoms with van der Waals surface area (Å²) in [4.78, 5) is 27.1. The molecule has 2 N–H and O–H groups in total. The van der Waals surface area contributed by atoms with Crippen LogP contribution in [0.15, 0.2) is 48.5 Å². The molecule has 0 saturated carbocycles. The summed E-state index contributed by atoms with van der Waals surface area (Å²) in [6.45, 7) is 0. The van der Waals surface area contributed by atoms with Gasteiger partial charge in [0.2, 0.25) is 0 Å². The average Bonchev–Trinajstić information content (AvgIpc) is 2.47. The van der Waals surface area contributed by atoms with Gasteiger partial charge in [-0.3, -0.25) is 4.79 Å². The minimum atomic E-state index is -1.10. The number of aromatic nitrogens is 1. The Balaban J connectivity index is 2.10. The smallest absolute Gasteiger partial charge is 0.326 e. The van der Waals surface area contributed by atoms with Crippen LogP contribution < -0.4 is 5.32 Å². The number of pyridine rings is 1. The van der Waals surface area contributed by atoms with Crippen molar-refractivity contribution >= 4 is 23.5 Å². The second-order valence-electron chi connectivity index (χ2n) is 4.40. The maximum absolute atomic E-state index is 12.0. The zero-order valence-corrected chi connectivity index (χ0v) is 11.7. The van der Waals surface area contributed by atoms with Gasteiger partial charge in [0, 0.05) is 6.42 Å². The molecule has 1 amide bonds. The van der Waals surface area contributed by atoms with Gasteiger partial charge in [-0.1, -0.05) is 48.0 Å². The first kappa shape index (κ1) is 15.0. The van der Waals surface area contributed by atoms with E-state index >= 15 is 0 Å². The number of carbonyl (C=O) groups excluding carboxylic acids is 1. The average molecular weight is 305 g/mol. The van der Waals surface area contributed by atoms with E-state index in [0.29, 0.717) is 0 Å². The monoisotopic (exact) mass is 304 g/mol. The van der Waals surface area contributed by atoms with E-state index in [2.05, 4.69) is 10.3 Å². The lowest BCUT2D eigenvalue weighted by molar-refractivity contribution is -0.139. The highest BCUT2D eigenvalue weighted by Crippen LogP contribution is 2.07. The summed E-state index contributed by atoms with van der Waals surface area (Å²) in [5.41, 5.74) is 0.908. The van der Waals surface area contributed by atoms with Crippen LogP contribution in [-0.2, 0) is 11.2 Å². The van der Waals surface area contributed by atoms with Crippen molar-refractivity contribution in [3.8, 4) is 0 Å². The molecular formula is C15H13ClN2O3. The predicted octanol–water partition coefficient (Wildman–Crippen LogP) is 2.16. The fraction of sp³-hybridized carbons (Fsp3) is 0.133. The molecule has 1 heterocycles. The van der Waals surface area contributed by atoms with E-state index in [1.807, 2.05) is 18.2 Å². The van der Waals surface area contributed by atoms with E-state index in [1.54, 1.807) is 18.2 Å². The molecule has 108 valence electrons. The Morgan fingerprint density at radius 3 is 2.48 bits per heavy atom. The van der Waals surface area contributed by atoms with Gasteiger partial charge >= 0.3 is 5.97 Å². The van der Waals surface area contributed by atoms with Gasteiger partial charge in [0.05, 0.1) is 0 Å². The number of nitrogens with one attached hydrogen (secondary N) is 1. The molecule has 1 atom stereocenters. The summed E-state index contributed by atoms with van der Waals surface area (Å²) >= 11 is 5.71. The summed E-state index contributed by atoms with van der Waals surface area (Å²) in [6.07, 6.45) is 0.197. The van der Waals surface area contributed by atoms with Crippen molar-refractivity contribution in [1.82, 2.24) is 10.3 Å². The standard InChI is InChI=1S/C15H13ClN2O3/c16-13-8-4-7-11(17-13)14(19)18-12(15(20)21)9-10-5-2-1-3-6-10/h1-8,12H,9H2,(H,18,19)(H,20,21)/t12-/m1/s1. The third-order valence-electron chi connectivity index (χ3n) is 2.83.